The van der Waals surface area contributed by atoms with E-state index in [1.165, 1.54) is 12.1 Å². The highest BCUT2D eigenvalue weighted by Crippen LogP contribution is 2.39. The van der Waals surface area contributed by atoms with E-state index in [9.17, 15) is 14.9 Å². The number of carbonyl (C=O) groups is 1. The molecule has 0 aliphatic carbocycles. The molecule has 1 aliphatic rings. The lowest BCUT2D eigenvalue weighted by atomic mass is 10.0. The predicted molar refractivity (Wildman–Crippen MR) is 111 cm³/mol. The van der Waals surface area contributed by atoms with Crippen molar-refractivity contribution in [2.45, 2.75) is 6.17 Å². The van der Waals surface area contributed by atoms with E-state index in [0.717, 1.165) is 0 Å². The van der Waals surface area contributed by atoms with Gasteiger partial charge in [-0.15, -0.1) is 0 Å². The Balaban J connectivity index is 1.88. The Labute approximate surface area is 171 Å². The number of rotatable bonds is 4. The Morgan fingerprint density at radius 1 is 1.10 bits per heavy atom. The molecule has 1 aliphatic heterocycles. The van der Waals surface area contributed by atoms with Gasteiger partial charge in [0.25, 0.3) is 11.6 Å². The number of nitrogens with one attached hydrogen (secondary N) is 1. The predicted octanol–water partition coefficient (Wildman–Crippen LogP) is 5.03. The van der Waals surface area contributed by atoms with Crippen LogP contribution in [0.25, 0.3) is 0 Å². The molecule has 1 amide bonds. The van der Waals surface area contributed by atoms with Crippen LogP contribution >= 0.6 is 11.6 Å². The molecule has 3 aromatic rings. The Hall–Kier alpha value is -3.58. The lowest BCUT2D eigenvalue weighted by Crippen LogP contribution is -2.43. The molecule has 3 aromatic carbocycles. The molecule has 29 heavy (non-hydrogen) atoms. The largest absolute Gasteiger partial charge is 0.497 e. The van der Waals surface area contributed by atoms with E-state index in [-0.39, 0.29) is 16.6 Å². The molecule has 1 heterocycles. The summed E-state index contributed by atoms with van der Waals surface area (Å²) >= 11 is 5.97. The number of amides is 1. The van der Waals surface area contributed by atoms with Gasteiger partial charge in [-0.25, -0.2) is 0 Å². The molecule has 1 atom stereocenters. The van der Waals surface area contributed by atoms with Crippen LogP contribution in [0.15, 0.2) is 66.7 Å². The van der Waals surface area contributed by atoms with Crippen molar-refractivity contribution in [3.05, 3.63) is 93.0 Å². The average molecular weight is 410 g/mol. The molecular formula is C21H16ClN3O4. The number of nitro benzene ring substituents is 1. The smallest absolute Gasteiger partial charge is 0.288 e. The van der Waals surface area contributed by atoms with Crippen LogP contribution in [-0.4, -0.2) is 17.9 Å². The normalized spacial score (nSPS) is 15.4. The highest BCUT2D eigenvalue weighted by atomic mass is 35.5. The summed E-state index contributed by atoms with van der Waals surface area (Å²) in [4.78, 5) is 25.7. The minimum atomic E-state index is -0.666. The van der Waals surface area contributed by atoms with Crippen molar-refractivity contribution in [2.24, 2.45) is 0 Å². The van der Waals surface area contributed by atoms with Gasteiger partial charge in [0.1, 0.15) is 16.9 Å². The summed E-state index contributed by atoms with van der Waals surface area (Å²) in [5.74, 6) is 0.366. The maximum absolute atomic E-state index is 13.4. The van der Waals surface area contributed by atoms with E-state index in [1.807, 2.05) is 6.07 Å². The van der Waals surface area contributed by atoms with Crippen LogP contribution < -0.4 is 15.0 Å². The zero-order valence-electron chi connectivity index (χ0n) is 15.3. The van der Waals surface area contributed by atoms with Gasteiger partial charge in [0.2, 0.25) is 0 Å². The molecule has 1 unspecified atom stereocenters. The molecule has 0 fully saturated rings. The third-order valence-electron chi connectivity index (χ3n) is 4.74. The van der Waals surface area contributed by atoms with Crippen molar-refractivity contribution < 1.29 is 14.5 Å². The first-order valence-electron chi connectivity index (χ1n) is 8.76. The number of methoxy groups -OCH3 is 1. The van der Waals surface area contributed by atoms with Gasteiger partial charge in [-0.2, -0.15) is 0 Å². The fourth-order valence-electron chi connectivity index (χ4n) is 3.35. The van der Waals surface area contributed by atoms with Crippen LogP contribution in [0.2, 0.25) is 5.02 Å². The van der Waals surface area contributed by atoms with Gasteiger partial charge >= 0.3 is 0 Å². The van der Waals surface area contributed by atoms with Gasteiger partial charge < -0.3 is 10.1 Å². The average Bonchev–Trinajstić information content (AvgIpc) is 2.74. The summed E-state index contributed by atoms with van der Waals surface area (Å²) in [6.07, 6.45) is -0.666. The van der Waals surface area contributed by atoms with Gasteiger partial charge in [0.15, 0.2) is 0 Å². The Bertz CT molecular complexity index is 1120. The van der Waals surface area contributed by atoms with Crippen LogP contribution in [0.5, 0.6) is 5.75 Å². The standard InChI is InChI=1S/C21H16ClN3O4/c1-29-15-6-4-5-14(12-15)24-20(13-9-10-17(22)19(11-13)25(27)28)23-18-8-3-2-7-16(18)21(24)26/h2-12,20,23H,1H3. The van der Waals surface area contributed by atoms with E-state index >= 15 is 0 Å². The monoisotopic (exact) mass is 409 g/mol. The number of para-hydroxylation sites is 1. The van der Waals surface area contributed by atoms with E-state index in [0.29, 0.717) is 28.3 Å². The SMILES string of the molecule is COc1cccc(N2C(=O)c3ccccc3NC2c2ccc(Cl)c([N+](=O)[O-])c2)c1. The summed E-state index contributed by atoms with van der Waals surface area (Å²) < 4.78 is 5.29. The lowest BCUT2D eigenvalue weighted by Gasteiger charge is -2.38. The van der Waals surface area contributed by atoms with Crippen LogP contribution in [0, 0.1) is 10.1 Å². The number of fused-ring (bicyclic) bond motifs is 1. The van der Waals surface area contributed by atoms with Gasteiger partial charge in [-0.05, 0) is 30.3 Å². The van der Waals surface area contributed by atoms with Crippen molar-refractivity contribution in [1.29, 1.82) is 0 Å². The number of anilines is 2. The highest BCUT2D eigenvalue weighted by Gasteiger charge is 2.35. The summed E-state index contributed by atoms with van der Waals surface area (Å²) in [5.41, 5.74) is 2.07. The Morgan fingerprint density at radius 2 is 1.90 bits per heavy atom. The molecule has 0 saturated carbocycles. The van der Waals surface area contributed by atoms with E-state index < -0.39 is 11.1 Å². The fraction of sp³-hybridized carbons (Fsp3) is 0.0952. The molecular weight excluding hydrogens is 394 g/mol. The molecule has 0 spiro atoms. The molecule has 4 rings (SSSR count). The molecule has 0 radical (unpaired) electrons. The van der Waals surface area contributed by atoms with Crippen molar-refractivity contribution in [3.8, 4) is 5.75 Å². The van der Waals surface area contributed by atoms with Crippen molar-refractivity contribution in [2.75, 3.05) is 17.3 Å². The zero-order chi connectivity index (χ0) is 20.5. The summed E-state index contributed by atoms with van der Waals surface area (Å²) in [6.45, 7) is 0. The number of hydrogen-bond acceptors (Lipinski definition) is 5. The van der Waals surface area contributed by atoms with Gasteiger partial charge in [0.05, 0.1) is 23.3 Å². The Morgan fingerprint density at radius 3 is 2.66 bits per heavy atom. The molecule has 146 valence electrons. The first kappa shape index (κ1) is 18.8. The van der Waals surface area contributed by atoms with Gasteiger partial charge in [-0.1, -0.05) is 35.9 Å². The topological polar surface area (TPSA) is 84.7 Å². The maximum Gasteiger partial charge on any atom is 0.288 e. The molecule has 0 saturated heterocycles. The third-order valence-corrected chi connectivity index (χ3v) is 5.06. The number of ether oxygens (including phenoxy) is 1. The molecule has 0 bridgehead atoms. The first-order chi connectivity index (χ1) is 14.0. The van der Waals surface area contributed by atoms with Gasteiger partial charge in [-0.3, -0.25) is 19.8 Å². The number of nitrogens with zero attached hydrogens (tertiary/aromatic N) is 2. The van der Waals surface area contributed by atoms with Crippen molar-refractivity contribution >= 4 is 34.6 Å². The molecule has 7 nitrogen and oxygen atoms in total. The van der Waals surface area contributed by atoms with Crippen LogP contribution in [0.3, 0.4) is 0 Å². The second-order valence-electron chi connectivity index (χ2n) is 6.44. The van der Waals surface area contributed by atoms with Gasteiger partial charge in [0, 0.05) is 23.4 Å². The number of carbonyl (C=O) groups excluding carboxylic acids is 1. The molecule has 1 N–H and O–H groups in total. The van der Waals surface area contributed by atoms with E-state index in [2.05, 4.69) is 5.32 Å². The molecule has 0 aromatic heterocycles. The highest BCUT2D eigenvalue weighted by molar-refractivity contribution is 6.32. The summed E-state index contributed by atoms with van der Waals surface area (Å²) in [7, 11) is 1.55. The minimum absolute atomic E-state index is 0.0363. The second kappa shape index (κ2) is 7.44. The number of nitro groups is 1. The first-order valence-corrected chi connectivity index (χ1v) is 9.14. The molecule has 8 heteroatoms. The minimum Gasteiger partial charge on any atom is -0.497 e. The van der Waals surface area contributed by atoms with Crippen LogP contribution in [-0.2, 0) is 0 Å². The quantitative estimate of drug-likeness (QED) is 0.482. The van der Waals surface area contributed by atoms with E-state index in [1.54, 1.807) is 60.5 Å². The summed E-state index contributed by atoms with van der Waals surface area (Å²) in [6, 6.07) is 18.7. The summed E-state index contributed by atoms with van der Waals surface area (Å²) in [5, 5.41) is 14.7. The zero-order valence-corrected chi connectivity index (χ0v) is 16.1. The van der Waals surface area contributed by atoms with Crippen molar-refractivity contribution in [3.63, 3.8) is 0 Å². The number of hydrogen-bond donors (Lipinski definition) is 1. The Kier molecular flexibility index (Phi) is 4.82. The maximum atomic E-state index is 13.4. The second-order valence-corrected chi connectivity index (χ2v) is 6.84. The van der Waals surface area contributed by atoms with Crippen molar-refractivity contribution in [1.82, 2.24) is 0 Å². The van der Waals surface area contributed by atoms with Crippen LogP contribution in [0.4, 0.5) is 17.1 Å². The number of benzene rings is 3. The number of halogens is 1. The third kappa shape index (κ3) is 3.36. The fourth-order valence-corrected chi connectivity index (χ4v) is 3.54. The van der Waals surface area contributed by atoms with Crippen LogP contribution in [0.1, 0.15) is 22.1 Å². The lowest BCUT2D eigenvalue weighted by molar-refractivity contribution is -0.384. The van der Waals surface area contributed by atoms with E-state index in [4.69, 9.17) is 16.3 Å².